The maximum Gasteiger partial charge on any atom is 0.326 e. The van der Waals surface area contributed by atoms with Crippen molar-refractivity contribution in [1.82, 2.24) is 14.5 Å². The van der Waals surface area contributed by atoms with Crippen molar-refractivity contribution in [3.8, 4) is 22.2 Å². The highest BCUT2D eigenvalue weighted by atomic mass is 32.1. The van der Waals surface area contributed by atoms with Gasteiger partial charge in [-0.3, -0.25) is 0 Å². The maximum atomic E-state index is 11.2. The number of rotatable bonds is 10. The molecule has 4 aromatic rings. The molecule has 8 heteroatoms. The number of benzene rings is 1. The summed E-state index contributed by atoms with van der Waals surface area (Å²) in [5, 5.41) is 13.2. The third kappa shape index (κ3) is 4.91. The number of pyridine rings is 1. The number of carboxylic acid groups (broad SMARTS) is 1. The van der Waals surface area contributed by atoms with Crippen LogP contribution in [0.15, 0.2) is 54.2 Å². The molecular weight excluding hydrogens is 426 g/mol. The normalized spacial score (nSPS) is 12.1. The average molecular weight is 452 g/mol. The molecule has 4 rings (SSSR count). The molecule has 0 bridgehead atoms. The predicted octanol–water partition coefficient (Wildman–Crippen LogP) is 5.22. The molecule has 7 nitrogen and oxygen atoms in total. The first kappa shape index (κ1) is 21.8. The van der Waals surface area contributed by atoms with E-state index in [1.54, 1.807) is 35.2 Å². The Morgan fingerprint density at radius 2 is 2.03 bits per heavy atom. The van der Waals surface area contributed by atoms with Crippen molar-refractivity contribution in [2.45, 2.75) is 32.7 Å². The number of carbonyl (C=O) groups is 1. The number of hydrogen-bond acceptors (Lipinski definition) is 6. The number of carboxylic acids is 1. The molecule has 0 spiro atoms. The first-order valence-corrected chi connectivity index (χ1v) is 11.4. The van der Waals surface area contributed by atoms with Gasteiger partial charge in [0, 0.05) is 46.7 Å². The number of thiazole rings is 1. The molecule has 0 unspecified atom stereocenters. The van der Waals surface area contributed by atoms with Crippen LogP contribution in [0.2, 0.25) is 0 Å². The summed E-state index contributed by atoms with van der Waals surface area (Å²) in [6.45, 7) is 4.76. The van der Waals surface area contributed by atoms with E-state index in [0.29, 0.717) is 25.5 Å². The third-order valence-electron chi connectivity index (χ3n) is 5.17. The second kappa shape index (κ2) is 9.82. The van der Waals surface area contributed by atoms with Crippen molar-refractivity contribution in [3.05, 3.63) is 59.9 Å². The van der Waals surface area contributed by atoms with Crippen molar-refractivity contribution in [1.29, 1.82) is 0 Å². The summed E-state index contributed by atoms with van der Waals surface area (Å²) in [5.74, 6) is 0.465. The Labute approximate surface area is 190 Å². The van der Waals surface area contributed by atoms with E-state index in [1.165, 1.54) is 0 Å². The molecule has 3 heterocycles. The first-order chi connectivity index (χ1) is 15.5. The van der Waals surface area contributed by atoms with Crippen LogP contribution in [-0.2, 0) is 11.2 Å². The molecule has 0 radical (unpaired) electrons. The summed E-state index contributed by atoms with van der Waals surface area (Å²) in [5.41, 5.74) is 2.96. The van der Waals surface area contributed by atoms with E-state index in [1.807, 2.05) is 36.4 Å². The number of fused-ring (bicyclic) bond motifs is 1. The van der Waals surface area contributed by atoms with Crippen LogP contribution in [0, 0.1) is 0 Å². The minimum atomic E-state index is -0.860. The fourth-order valence-electron chi connectivity index (χ4n) is 3.31. The predicted molar refractivity (Wildman–Crippen MR) is 125 cm³/mol. The zero-order valence-electron chi connectivity index (χ0n) is 18.0. The maximum absolute atomic E-state index is 11.2. The van der Waals surface area contributed by atoms with Gasteiger partial charge < -0.3 is 19.1 Å². The highest BCUT2D eigenvalue weighted by molar-refractivity contribution is 7.13. The van der Waals surface area contributed by atoms with E-state index in [0.717, 1.165) is 39.3 Å². The lowest BCUT2D eigenvalue weighted by molar-refractivity contribution is -0.140. The van der Waals surface area contributed by atoms with Crippen LogP contribution in [0.1, 0.15) is 32.0 Å². The highest BCUT2D eigenvalue weighted by Gasteiger charge is 2.15. The lowest BCUT2D eigenvalue weighted by Crippen LogP contribution is -2.14. The van der Waals surface area contributed by atoms with E-state index in [9.17, 15) is 9.90 Å². The fraction of sp³-hybridized carbons (Fsp3) is 0.292. The van der Waals surface area contributed by atoms with Crippen LogP contribution >= 0.6 is 11.3 Å². The van der Waals surface area contributed by atoms with E-state index in [4.69, 9.17) is 9.47 Å². The number of hydrogen-bond donors (Lipinski definition) is 1. The summed E-state index contributed by atoms with van der Waals surface area (Å²) < 4.78 is 13.3. The van der Waals surface area contributed by atoms with E-state index in [-0.39, 0.29) is 0 Å². The van der Waals surface area contributed by atoms with Gasteiger partial charge in [-0.1, -0.05) is 6.92 Å². The molecular formula is C24H25N3O4S. The highest BCUT2D eigenvalue weighted by Crippen LogP contribution is 2.26. The molecule has 0 amide bonds. The van der Waals surface area contributed by atoms with Crippen LogP contribution in [0.5, 0.6) is 11.6 Å². The van der Waals surface area contributed by atoms with Crippen molar-refractivity contribution >= 4 is 28.2 Å². The van der Waals surface area contributed by atoms with Crippen LogP contribution in [0.25, 0.3) is 21.5 Å². The zero-order valence-corrected chi connectivity index (χ0v) is 18.8. The van der Waals surface area contributed by atoms with Gasteiger partial charge in [-0.2, -0.15) is 0 Å². The Bertz CT molecular complexity index is 1200. The smallest absolute Gasteiger partial charge is 0.326 e. The van der Waals surface area contributed by atoms with Crippen LogP contribution < -0.4 is 9.47 Å². The third-order valence-corrected chi connectivity index (χ3v) is 6.11. The van der Waals surface area contributed by atoms with Gasteiger partial charge in [0.15, 0.2) is 0 Å². The van der Waals surface area contributed by atoms with Gasteiger partial charge in [0.05, 0.1) is 18.9 Å². The summed E-state index contributed by atoms with van der Waals surface area (Å²) in [6.07, 6.45) is 5.22. The zero-order chi connectivity index (χ0) is 22.5. The SMILES string of the molecule is CCc1csc(-c2ccc(OCCCOc3ccc4c(ccn4[C@H](C)C(=O)O)c3)nc2)n1. The van der Waals surface area contributed by atoms with E-state index < -0.39 is 12.0 Å². The number of nitrogens with zero attached hydrogens (tertiary/aromatic N) is 3. The minimum absolute atomic E-state index is 0.498. The van der Waals surface area contributed by atoms with Crippen LogP contribution in [0.3, 0.4) is 0 Å². The molecule has 1 N–H and O–H groups in total. The molecule has 3 aromatic heterocycles. The minimum Gasteiger partial charge on any atom is -0.493 e. The molecule has 1 aromatic carbocycles. The average Bonchev–Trinajstić information content (AvgIpc) is 3.45. The molecule has 0 aliphatic rings. The lowest BCUT2D eigenvalue weighted by Gasteiger charge is -2.11. The molecule has 166 valence electrons. The Kier molecular flexibility index (Phi) is 6.70. The fourth-order valence-corrected chi connectivity index (χ4v) is 4.20. The first-order valence-electron chi connectivity index (χ1n) is 10.5. The van der Waals surface area contributed by atoms with E-state index >= 15 is 0 Å². The standard InChI is InChI=1S/C24H25N3O4S/c1-3-19-15-32-23(26-19)18-5-8-22(25-14-18)31-12-4-11-30-20-6-7-21-17(13-20)9-10-27(21)16(2)24(28)29/h5-10,13-16H,3-4,11-12H2,1-2H3,(H,28,29)/t16-/m1/s1. The quantitative estimate of drug-likeness (QED) is 0.333. The van der Waals surface area contributed by atoms with Gasteiger partial charge in [-0.25, -0.2) is 14.8 Å². The van der Waals surface area contributed by atoms with Gasteiger partial charge in [-0.15, -0.1) is 11.3 Å². The van der Waals surface area contributed by atoms with Crippen molar-refractivity contribution in [3.63, 3.8) is 0 Å². The Balaban J connectivity index is 1.25. The lowest BCUT2D eigenvalue weighted by atomic mass is 10.2. The second-order valence-electron chi connectivity index (χ2n) is 7.39. The van der Waals surface area contributed by atoms with E-state index in [2.05, 4.69) is 22.3 Å². The molecule has 0 aliphatic heterocycles. The number of aliphatic carboxylic acids is 1. The summed E-state index contributed by atoms with van der Waals surface area (Å²) in [6, 6.07) is 10.8. The topological polar surface area (TPSA) is 86.5 Å². The molecule has 0 saturated heterocycles. The van der Waals surface area contributed by atoms with Gasteiger partial charge >= 0.3 is 5.97 Å². The molecule has 0 fully saturated rings. The largest absolute Gasteiger partial charge is 0.493 e. The Hall–Kier alpha value is -3.39. The second-order valence-corrected chi connectivity index (χ2v) is 8.25. The molecule has 1 atom stereocenters. The Morgan fingerprint density at radius 3 is 2.75 bits per heavy atom. The summed E-state index contributed by atoms with van der Waals surface area (Å²) in [4.78, 5) is 20.2. The molecule has 0 aliphatic carbocycles. The summed E-state index contributed by atoms with van der Waals surface area (Å²) >= 11 is 1.62. The molecule has 0 saturated carbocycles. The number of aromatic nitrogens is 3. The number of aryl methyl sites for hydroxylation is 1. The van der Waals surface area contributed by atoms with Crippen LogP contribution in [-0.4, -0.2) is 38.8 Å². The van der Waals surface area contributed by atoms with Gasteiger partial charge in [0.1, 0.15) is 16.8 Å². The van der Waals surface area contributed by atoms with Crippen molar-refractivity contribution < 1.29 is 19.4 Å². The van der Waals surface area contributed by atoms with Gasteiger partial charge in [-0.05, 0) is 43.7 Å². The Morgan fingerprint density at radius 1 is 1.19 bits per heavy atom. The van der Waals surface area contributed by atoms with Crippen molar-refractivity contribution in [2.75, 3.05) is 13.2 Å². The van der Waals surface area contributed by atoms with Gasteiger partial charge in [0.25, 0.3) is 0 Å². The summed E-state index contributed by atoms with van der Waals surface area (Å²) in [7, 11) is 0. The van der Waals surface area contributed by atoms with Gasteiger partial charge in [0.2, 0.25) is 5.88 Å². The number of ether oxygens (including phenoxy) is 2. The molecule has 32 heavy (non-hydrogen) atoms. The monoisotopic (exact) mass is 451 g/mol. The van der Waals surface area contributed by atoms with Crippen LogP contribution in [0.4, 0.5) is 0 Å². The van der Waals surface area contributed by atoms with Crippen molar-refractivity contribution in [2.24, 2.45) is 0 Å².